The molecule has 0 radical (unpaired) electrons. The molecule has 0 amide bonds. The molecule has 0 saturated heterocycles. The summed E-state index contributed by atoms with van der Waals surface area (Å²) in [5.74, 6) is 2.00. The van der Waals surface area contributed by atoms with E-state index in [1.807, 2.05) is 6.92 Å². The maximum Gasteiger partial charge on any atom is 0.231 e. The Morgan fingerprint density at radius 3 is 2.56 bits per heavy atom. The third kappa shape index (κ3) is 4.07. The van der Waals surface area contributed by atoms with Gasteiger partial charge in [-0.05, 0) is 26.3 Å². The maximum absolute atomic E-state index is 5.37. The number of nitrogens with one attached hydrogen (secondary N) is 1. The van der Waals surface area contributed by atoms with Crippen molar-refractivity contribution < 1.29 is 9.26 Å². The summed E-state index contributed by atoms with van der Waals surface area (Å²) in [6, 6.07) is 0.315. The van der Waals surface area contributed by atoms with Gasteiger partial charge in [0.2, 0.25) is 5.89 Å². The predicted octanol–water partition coefficient (Wildman–Crippen LogP) is 2.34. The lowest BCUT2D eigenvalue weighted by Crippen LogP contribution is -2.34. The van der Waals surface area contributed by atoms with Gasteiger partial charge in [-0.3, -0.25) is 0 Å². The van der Waals surface area contributed by atoms with Gasteiger partial charge >= 0.3 is 0 Å². The van der Waals surface area contributed by atoms with Crippen LogP contribution in [0.5, 0.6) is 0 Å². The molecule has 5 heteroatoms. The quantitative estimate of drug-likeness (QED) is 0.772. The van der Waals surface area contributed by atoms with Crippen molar-refractivity contribution in [3.63, 3.8) is 0 Å². The van der Waals surface area contributed by atoms with E-state index in [-0.39, 0.29) is 5.92 Å². The molecule has 0 aliphatic rings. The summed E-state index contributed by atoms with van der Waals surface area (Å²) in [6.45, 7) is 12.6. The molecule has 5 nitrogen and oxygen atoms in total. The number of rotatable bonds is 8. The Morgan fingerprint density at radius 2 is 2.00 bits per heavy atom. The second-order valence-corrected chi connectivity index (χ2v) is 4.80. The minimum absolute atomic E-state index is 0.229. The molecular formula is C13H25N3O2. The van der Waals surface area contributed by atoms with Crippen LogP contribution in [0.15, 0.2) is 4.52 Å². The summed E-state index contributed by atoms with van der Waals surface area (Å²) < 4.78 is 10.7. The Labute approximate surface area is 109 Å². The standard InChI is InChI=1S/C13H25N3O2/c1-6-14-10(5)12(9(3)4)13-15-11(16-18-13)8-17-7-2/h9-10,12,14H,6-8H2,1-5H3. The van der Waals surface area contributed by atoms with E-state index in [1.165, 1.54) is 0 Å². The lowest BCUT2D eigenvalue weighted by Gasteiger charge is -2.24. The third-order valence-electron chi connectivity index (χ3n) is 2.99. The van der Waals surface area contributed by atoms with Gasteiger partial charge in [-0.1, -0.05) is 25.9 Å². The molecule has 0 fully saturated rings. The fraction of sp³-hybridized carbons (Fsp3) is 0.846. The number of hydrogen-bond donors (Lipinski definition) is 1. The molecule has 1 N–H and O–H groups in total. The van der Waals surface area contributed by atoms with E-state index in [9.17, 15) is 0 Å². The van der Waals surface area contributed by atoms with E-state index < -0.39 is 0 Å². The van der Waals surface area contributed by atoms with Crippen molar-refractivity contribution in [2.24, 2.45) is 5.92 Å². The van der Waals surface area contributed by atoms with Crippen molar-refractivity contribution in [2.45, 2.75) is 53.2 Å². The van der Waals surface area contributed by atoms with E-state index in [0.717, 1.165) is 6.54 Å². The van der Waals surface area contributed by atoms with Crippen molar-refractivity contribution in [1.82, 2.24) is 15.5 Å². The lowest BCUT2D eigenvalue weighted by atomic mass is 9.89. The number of nitrogens with zero attached hydrogens (tertiary/aromatic N) is 2. The van der Waals surface area contributed by atoms with Gasteiger partial charge in [-0.25, -0.2) is 0 Å². The lowest BCUT2D eigenvalue weighted by molar-refractivity contribution is 0.126. The highest BCUT2D eigenvalue weighted by Gasteiger charge is 2.27. The van der Waals surface area contributed by atoms with Crippen molar-refractivity contribution in [2.75, 3.05) is 13.2 Å². The highest BCUT2D eigenvalue weighted by molar-refractivity contribution is 4.99. The van der Waals surface area contributed by atoms with Crippen LogP contribution in [-0.2, 0) is 11.3 Å². The molecule has 1 heterocycles. The molecule has 0 aromatic carbocycles. The first kappa shape index (κ1) is 15.1. The molecule has 0 aliphatic carbocycles. The molecule has 18 heavy (non-hydrogen) atoms. The molecule has 0 saturated carbocycles. The first-order chi connectivity index (χ1) is 8.60. The van der Waals surface area contributed by atoms with Crippen LogP contribution in [-0.4, -0.2) is 29.3 Å². The van der Waals surface area contributed by atoms with Crippen molar-refractivity contribution in [1.29, 1.82) is 0 Å². The minimum atomic E-state index is 0.229. The summed E-state index contributed by atoms with van der Waals surface area (Å²) in [5.41, 5.74) is 0. The van der Waals surface area contributed by atoms with Crippen LogP contribution < -0.4 is 5.32 Å². The summed E-state index contributed by atoms with van der Waals surface area (Å²) in [4.78, 5) is 4.43. The fourth-order valence-corrected chi connectivity index (χ4v) is 2.18. The van der Waals surface area contributed by atoms with E-state index in [2.05, 4.69) is 43.2 Å². The number of ether oxygens (including phenoxy) is 1. The Balaban J connectivity index is 2.76. The SMILES string of the molecule is CCNC(C)C(c1nc(COCC)no1)C(C)C. The van der Waals surface area contributed by atoms with Crippen molar-refractivity contribution in [3.05, 3.63) is 11.7 Å². The zero-order valence-corrected chi connectivity index (χ0v) is 12.1. The number of likely N-dealkylation sites (N-methyl/N-ethyl adjacent to an activating group) is 1. The maximum atomic E-state index is 5.37. The van der Waals surface area contributed by atoms with E-state index in [1.54, 1.807) is 0 Å². The monoisotopic (exact) mass is 255 g/mol. The van der Waals surface area contributed by atoms with Gasteiger partial charge in [0.15, 0.2) is 5.82 Å². The molecule has 2 unspecified atom stereocenters. The van der Waals surface area contributed by atoms with Crippen LogP contribution in [0.3, 0.4) is 0 Å². The molecule has 0 aliphatic heterocycles. The zero-order valence-electron chi connectivity index (χ0n) is 12.1. The largest absolute Gasteiger partial charge is 0.374 e. The smallest absolute Gasteiger partial charge is 0.231 e. The number of hydrogen-bond acceptors (Lipinski definition) is 5. The van der Waals surface area contributed by atoms with Gasteiger partial charge in [0.1, 0.15) is 6.61 Å². The molecule has 1 aromatic heterocycles. The van der Waals surface area contributed by atoms with E-state index in [4.69, 9.17) is 9.26 Å². The average Bonchev–Trinajstić information content (AvgIpc) is 2.75. The highest BCUT2D eigenvalue weighted by Crippen LogP contribution is 2.26. The molecule has 0 bridgehead atoms. The molecule has 104 valence electrons. The molecule has 1 rings (SSSR count). The minimum Gasteiger partial charge on any atom is -0.374 e. The topological polar surface area (TPSA) is 60.2 Å². The molecule has 2 atom stereocenters. The van der Waals surface area contributed by atoms with Crippen LogP contribution in [0.25, 0.3) is 0 Å². The average molecular weight is 255 g/mol. The van der Waals surface area contributed by atoms with Crippen molar-refractivity contribution in [3.8, 4) is 0 Å². The first-order valence-electron chi connectivity index (χ1n) is 6.73. The summed E-state index contributed by atoms with van der Waals surface area (Å²) in [6.07, 6.45) is 0. The summed E-state index contributed by atoms with van der Waals surface area (Å²) in [7, 11) is 0. The van der Waals surface area contributed by atoms with Gasteiger partial charge in [0.05, 0.1) is 5.92 Å². The highest BCUT2D eigenvalue weighted by atomic mass is 16.5. The Hall–Kier alpha value is -0.940. The van der Waals surface area contributed by atoms with Crippen molar-refractivity contribution >= 4 is 0 Å². The van der Waals surface area contributed by atoms with Gasteiger partial charge in [-0.2, -0.15) is 4.98 Å². The molecule has 0 spiro atoms. The second-order valence-electron chi connectivity index (χ2n) is 4.80. The van der Waals surface area contributed by atoms with Crippen LogP contribution >= 0.6 is 0 Å². The Morgan fingerprint density at radius 1 is 1.28 bits per heavy atom. The summed E-state index contributed by atoms with van der Waals surface area (Å²) in [5, 5.41) is 7.38. The third-order valence-corrected chi connectivity index (χ3v) is 2.99. The first-order valence-corrected chi connectivity index (χ1v) is 6.73. The normalized spacial score (nSPS) is 15.0. The molecule has 1 aromatic rings. The van der Waals surface area contributed by atoms with E-state index in [0.29, 0.717) is 36.9 Å². The Kier molecular flexibility index (Phi) is 6.29. The summed E-state index contributed by atoms with van der Waals surface area (Å²) >= 11 is 0. The number of aromatic nitrogens is 2. The Bertz CT molecular complexity index is 339. The predicted molar refractivity (Wildman–Crippen MR) is 70.3 cm³/mol. The van der Waals surface area contributed by atoms with Gasteiger partial charge in [0.25, 0.3) is 0 Å². The van der Waals surface area contributed by atoms with Crippen LogP contribution in [0.1, 0.15) is 52.3 Å². The van der Waals surface area contributed by atoms with Gasteiger partial charge in [0, 0.05) is 12.6 Å². The van der Waals surface area contributed by atoms with Crippen LogP contribution in [0, 0.1) is 5.92 Å². The fourth-order valence-electron chi connectivity index (χ4n) is 2.18. The molecular weight excluding hydrogens is 230 g/mol. The van der Waals surface area contributed by atoms with Crippen LogP contribution in [0.2, 0.25) is 0 Å². The van der Waals surface area contributed by atoms with Crippen LogP contribution in [0.4, 0.5) is 0 Å². The van der Waals surface area contributed by atoms with E-state index >= 15 is 0 Å². The van der Waals surface area contributed by atoms with Gasteiger partial charge in [-0.15, -0.1) is 0 Å². The van der Waals surface area contributed by atoms with Gasteiger partial charge < -0.3 is 14.6 Å². The zero-order chi connectivity index (χ0) is 13.5. The second kappa shape index (κ2) is 7.48.